The van der Waals surface area contributed by atoms with Crippen LogP contribution in [0.3, 0.4) is 0 Å². The van der Waals surface area contributed by atoms with Crippen LogP contribution in [0, 0.1) is 0 Å². The van der Waals surface area contributed by atoms with Gasteiger partial charge in [0.1, 0.15) is 16.3 Å². The first kappa shape index (κ1) is 20.8. The number of carbonyl (C=O) groups is 1. The number of nitrogens with zero attached hydrogens (tertiary/aromatic N) is 2. The van der Waals surface area contributed by atoms with Crippen LogP contribution in [0.4, 0.5) is 5.69 Å². The number of rotatable bonds is 6. The van der Waals surface area contributed by atoms with Gasteiger partial charge in [0.25, 0.3) is 5.91 Å². The van der Waals surface area contributed by atoms with Crippen molar-refractivity contribution in [2.75, 3.05) is 38.7 Å². The number of morpholine rings is 1. The molecule has 1 aromatic heterocycles. The van der Waals surface area contributed by atoms with Gasteiger partial charge in [0.2, 0.25) is 10.0 Å². The zero-order chi connectivity index (χ0) is 20.3. The quantitative estimate of drug-likeness (QED) is 0.698. The average molecular weight is 472 g/mol. The summed E-state index contributed by atoms with van der Waals surface area (Å²) in [6.07, 6.45) is 1.82. The first-order chi connectivity index (χ1) is 13.4. The molecular formula is C18H22BrN3O5S. The minimum absolute atomic E-state index is 0.0155. The molecule has 1 amide bonds. The van der Waals surface area contributed by atoms with Crippen LogP contribution in [-0.2, 0) is 21.3 Å². The zero-order valence-electron chi connectivity index (χ0n) is 15.6. The van der Waals surface area contributed by atoms with E-state index in [1.54, 1.807) is 16.7 Å². The maximum Gasteiger partial charge on any atom is 0.272 e. The number of aryl methyl sites for hydroxylation is 1. The van der Waals surface area contributed by atoms with Crippen LogP contribution in [0.2, 0.25) is 0 Å². The van der Waals surface area contributed by atoms with Crippen molar-refractivity contribution < 1.29 is 22.7 Å². The summed E-state index contributed by atoms with van der Waals surface area (Å²) in [6, 6.07) is 6.30. The first-order valence-corrected chi connectivity index (χ1v) is 11.0. The molecule has 2 aromatic rings. The molecule has 3 rings (SSSR count). The number of hydrogen-bond acceptors (Lipinski definition) is 5. The van der Waals surface area contributed by atoms with Crippen molar-refractivity contribution in [1.29, 1.82) is 0 Å². The number of aromatic nitrogens is 1. The smallest absolute Gasteiger partial charge is 0.272 e. The Labute approximate surface area is 172 Å². The van der Waals surface area contributed by atoms with E-state index in [2.05, 4.69) is 21.2 Å². The van der Waals surface area contributed by atoms with Gasteiger partial charge < -0.3 is 19.4 Å². The second-order valence-corrected chi connectivity index (χ2v) is 8.99. The Kier molecular flexibility index (Phi) is 6.43. The molecule has 0 aliphatic carbocycles. The molecule has 1 aliphatic rings. The Bertz CT molecular complexity index is 968. The van der Waals surface area contributed by atoms with Gasteiger partial charge in [0.05, 0.1) is 20.3 Å². The number of ether oxygens (including phenoxy) is 2. The highest BCUT2D eigenvalue weighted by atomic mass is 79.9. The van der Waals surface area contributed by atoms with Crippen molar-refractivity contribution >= 4 is 37.5 Å². The van der Waals surface area contributed by atoms with E-state index in [4.69, 9.17) is 9.47 Å². The van der Waals surface area contributed by atoms with Crippen LogP contribution in [0.5, 0.6) is 5.75 Å². The number of methoxy groups -OCH3 is 1. The van der Waals surface area contributed by atoms with E-state index in [0.717, 1.165) is 4.47 Å². The van der Waals surface area contributed by atoms with Gasteiger partial charge in [-0.25, -0.2) is 8.42 Å². The lowest BCUT2D eigenvalue weighted by Gasteiger charge is -2.26. The van der Waals surface area contributed by atoms with Gasteiger partial charge in [-0.2, -0.15) is 4.31 Å². The SMILES string of the molecule is CCn1cc(Br)cc1C(=O)Nc1ccc(OC)c(S(=O)(=O)N2CCOCC2)c1. The van der Waals surface area contributed by atoms with Gasteiger partial charge in [0.15, 0.2) is 0 Å². The van der Waals surface area contributed by atoms with Gasteiger partial charge in [-0.05, 0) is 47.1 Å². The second-order valence-electron chi connectivity index (χ2n) is 6.17. The van der Waals surface area contributed by atoms with Gasteiger partial charge in [0, 0.05) is 36.0 Å². The topological polar surface area (TPSA) is 89.9 Å². The third kappa shape index (κ3) is 4.24. The largest absolute Gasteiger partial charge is 0.495 e. The molecule has 0 radical (unpaired) electrons. The van der Waals surface area contributed by atoms with Crippen molar-refractivity contribution in [2.45, 2.75) is 18.4 Å². The number of amides is 1. The molecule has 1 N–H and O–H groups in total. The number of sulfonamides is 1. The minimum Gasteiger partial charge on any atom is -0.495 e. The van der Waals surface area contributed by atoms with Crippen LogP contribution in [-0.4, -0.2) is 56.6 Å². The summed E-state index contributed by atoms with van der Waals surface area (Å²) in [7, 11) is -2.36. The average Bonchev–Trinajstić information content (AvgIpc) is 3.09. The highest BCUT2D eigenvalue weighted by molar-refractivity contribution is 9.10. The molecule has 28 heavy (non-hydrogen) atoms. The normalized spacial score (nSPS) is 15.4. The molecule has 0 saturated carbocycles. The Morgan fingerprint density at radius 1 is 1.29 bits per heavy atom. The lowest BCUT2D eigenvalue weighted by atomic mass is 10.3. The van der Waals surface area contributed by atoms with Gasteiger partial charge in [-0.1, -0.05) is 0 Å². The molecule has 152 valence electrons. The van der Waals surface area contributed by atoms with Crippen LogP contribution in [0.15, 0.2) is 39.8 Å². The predicted octanol–water partition coefficient (Wildman–Crippen LogP) is 2.55. The molecule has 0 spiro atoms. The highest BCUT2D eigenvalue weighted by Crippen LogP contribution is 2.30. The van der Waals surface area contributed by atoms with E-state index in [9.17, 15) is 13.2 Å². The third-order valence-electron chi connectivity index (χ3n) is 4.45. The number of carbonyl (C=O) groups excluding carboxylic acids is 1. The zero-order valence-corrected chi connectivity index (χ0v) is 18.0. The fourth-order valence-corrected chi connectivity index (χ4v) is 5.06. The Morgan fingerprint density at radius 3 is 2.64 bits per heavy atom. The number of nitrogens with one attached hydrogen (secondary N) is 1. The molecule has 0 unspecified atom stereocenters. The molecular weight excluding hydrogens is 450 g/mol. The summed E-state index contributed by atoms with van der Waals surface area (Å²) in [5, 5.41) is 2.77. The van der Waals surface area contributed by atoms with Crippen molar-refractivity contribution in [1.82, 2.24) is 8.87 Å². The number of hydrogen-bond donors (Lipinski definition) is 1. The molecule has 1 aromatic carbocycles. The Hall–Kier alpha value is -1.88. The molecule has 1 fully saturated rings. The second kappa shape index (κ2) is 8.64. The van der Waals surface area contributed by atoms with E-state index in [1.165, 1.54) is 23.5 Å². The number of anilines is 1. The standard InChI is InChI=1S/C18H22BrN3O5S/c1-3-21-12-13(19)10-15(21)18(23)20-14-4-5-16(26-2)17(11-14)28(24,25)22-6-8-27-9-7-22/h4-5,10-12H,3,6-9H2,1-2H3,(H,20,23). The van der Waals surface area contributed by atoms with E-state index >= 15 is 0 Å². The van der Waals surface area contributed by atoms with E-state index in [0.29, 0.717) is 31.1 Å². The third-order valence-corrected chi connectivity index (χ3v) is 6.80. The summed E-state index contributed by atoms with van der Waals surface area (Å²) in [5.41, 5.74) is 0.848. The lowest BCUT2D eigenvalue weighted by Crippen LogP contribution is -2.40. The van der Waals surface area contributed by atoms with Crippen molar-refractivity contribution in [3.05, 3.63) is 40.6 Å². The number of halogens is 1. The van der Waals surface area contributed by atoms with Gasteiger partial charge in [-0.3, -0.25) is 4.79 Å². The predicted molar refractivity (Wildman–Crippen MR) is 108 cm³/mol. The van der Waals surface area contributed by atoms with Crippen LogP contribution < -0.4 is 10.1 Å². The van der Waals surface area contributed by atoms with E-state index in [-0.39, 0.29) is 29.6 Å². The Morgan fingerprint density at radius 2 is 2.00 bits per heavy atom. The number of benzene rings is 1. The molecule has 1 saturated heterocycles. The summed E-state index contributed by atoms with van der Waals surface area (Å²) in [4.78, 5) is 12.7. The summed E-state index contributed by atoms with van der Waals surface area (Å²) < 4.78 is 40.5. The van der Waals surface area contributed by atoms with Crippen molar-refractivity contribution in [3.63, 3.8) is 0 Å². The molecule has 2 heterocycles. The van der Waals surface area contributed by atoms with Crippen LogP contribution >= 0.6 is 15.9 Å². The van der Waals surface area contributed by atoms with Gasteiger partial charge >= 0.3 is 0 Å². The van der Waals surface area contributed by atoms with E-state index < -0.39 is 10.0 Å². The van der Waals surface area contributed by atoms with Gasteiger partial charge in [-0.15, -0.1) is 0 Å². The minimum atomic E-state index is -3.77. The fraction of sp³-hybridized carbons (Fsp3) is 0.389. The lowest BCUT2D eigenvalue weighted by molar-refractivity contribution is 0.0729. The maximum atomic E-state index is 13.0. The highest BCUT2D eigenvalue weighted by Gasteiger charge is 2.29. The fourth-order valence-electron chi connectivity index (χ4n) is 3.00. The summed E-state index contributed by atoms with van der Waals surface area (Å²) in [6.45, 7) is 3.82. The molecule has 10 heteroatoms. The summed E-state index contributed by atoms with van der Waals surface area (Å²) >= 11 is 3.37. The monoisotopic (exact) mass is 471 g/mol. The molecule has 0 atom stereocenters. The van der Waals surface area contributed by atoms with E-state index in [1.807, 2.05) is 13.1 Å². The molecule has 8 nitrogen and oxygen atoms in total. The van der Waals surface area contributed by atoms with Crippen LogP contribution in [0.1, 0.15) is 17.4 Å². The Balaban J connectivity index is 1.91. The van der Waals surface area contributed by atoms with Crippen molar-refractivity contribution in [2.24, 2.45) is 0 Å². The molecule has 0 bridgehead atoms. The molecule has 1 aliphatic heterocycles. The van der Waals surface area contributed by atoms with Crippen molar-refractivity contribution in [3.8, 4) is 5.75 Å². The van der Waals surface area contributed by atoms with Crippen LogP contribution in [0.25, 0.3) is 0 Å². The maximum absolute atomic E-state index is 13.0. The first-order valence-electron chi connectivity index (χ1n) is 8.79. The summed E-state index contributed by atoms with van der Waals surface area (Å²) in [5.74, 6) is -0.100.